The molecule has 7 nitrogen and oxygen atoms in total. The van der Waals surface area contributed by atoms with Crippen molar-refractivity contribution >= 4 is 43.7 Å². The van der Waals surface area contributed by atoms with Crippen LogP contribution in [0.5, 0.6) is 0 Å². The minimum Gasteiger partial charge on any atom is -0.296 e. The van der Waals surface area contributed by atoms with Gasteiger partial charge < -0.3 is 0 Å². The van der Waals surface area contributed by atoms with Crippen molar-refractivity contribution in [2.45, 2.75) is 18.7 Å². The Bertz CT molecular complexity index is 1030. The fourth-order valence-electron chi connectivity index (χ4n) is 2.45. The molecular formula is C17H18N4O3S3. The number of thiophene rings is 1. The number of hydrogen-bond acceptors (Lipinski definition) is 7. The standard InChI is InChI=1S/C17H18N4O3S3/c1-3-21(4-2)27(23,24)13-8-5-7-12(11-13)15(22)18-17-20-19-16(26-17)14-9-6-10-25-14/h5-11H,3-4H2,1-2H3,(H,18,20,22). The molecule has 142 valence electrons. The van der Waals surface area contributed by atoms with Crippen LogP contribution >= 0.6 is 22.7 Å². The normalized spacial score (nSPS) is 11.7. The first-order chi connectivity index (χ1) is 13.0. The summed E-state index contributed by atoms with van der Waals surface area (Å²) in [6.07, 6.45) is 0. The Labute approximate surface area is 165 Å². The van der Waals surface area contributed by atoms with Crippen LogP contribution in [0, 0.1) is 0 Å². The number of anilines is 1. The summed E-state index contributed by atoms with van der Waals surface area (Å²) in [6, 6.07) is 9.84. The van der Waals surface area contributed by atoms with Gasteiger partial charge in [-0.15, -0.1) is 21.5 Å². The Hall–Kier alpha value is -2.14. The molecule has 27 heavy (non-hydrogen) atoms. The van der Waals surface area contributed by atoms with Gasteiger partial charge in [0.1, 0.15) is 0 Å². The van der Waals surface area contributed by atoms with Crippen LogP contribution in [0.3, 0.4) is 0 Å². The molecule has 2 heterocycles. The fourth-order valence-corrected chi connectivity index (χ4v) is 5.49. The minimum atomic E-state index is -3.63. The maximum absolute atomic E-state index is 12.6. The van der Waals surface area contributed by atoms with E-state index in [4.69, 9.17) is 0 Å². The number of sulfonamides is 1. The third-order valence-electron chi connectivity index (χ3n) is 3.82. The van der Waals surface area contributed by atoms with Gasteiger partial charge in [-0.2, -0.15) is 4.31 Å². The molecule has 0 radical (unpaired) electrons. The van der Waals surface area contributed by atoms with E-state index in [9.17, 15) is 13.2 Å². The van der Waals surface area contributed by atoms with Gasteiger partial charge in [-0.3, -0.25) is 10.1 Å². The Morgan fingerprint density at radius 3 is 2.59 bits per heavy atom. The van der Waals surface area contributed by atoms with Crippen molar-refractivity contribution in [2.24, 2.45) is 0 Å². The van der Waals surface area contributed by atoms with Crippen molar-refractivity contribution in [3.63, 3.8) is 0 Å². The largest absolute Gasteiger partial charge is 0.296 e. The molecule has 0 bridgehead atoms. The number of aromatic nitrogens is 2. The van der Waals surface area contributed by atoms with E-state index in [-0.39, 0.29) is 10.5 Å². The summed E-state index contributed by atoms with van der Waals surface area (Å²) >= 11 is 2.81. The molecule has 0 aliphatic heterocycles. The van der Waals surface area contributed by atoms with Crippen molar-refractivity contribution in [1.82, 2.24) is 14.5 Å². The highest BCUT2D eigenvalue weighted by Gasteiger charge is 2.22. The molecule has 0 aliphatic carbocycles. The molecule has 3 rings (SSSR count). The highest BCUT2D eigenvalue weighted by molar-refractivity contribution is 7.89. The first kappa shape index (κ1) is 19.6. The molecule has 10 heteroatoms. The number of nitrogens with zero attached hydrogens (tertiary/aromatic N) is 3. The molecule has 2 aromatic heterocycles. The van der Waals surface area contributed by atoms with Gasteiger partial charge >= 0.3 is 0 Å². The number of benzene rings is 1. The van der Waals surface area contributed by atoms with Crippen molar-refractivity contribution in [1.29, 1.82) is 0 Å². The molecular weight excluding hydrogens is 404 g/mol. The summed E-state index contributed by atoms with van der Waals surface area (Å²) in [7, 11) is -3.63. The average molecular weight is 423 g/mol. The SMILES string of the molecule is CCN(CC)S(=O)(=O)c1cccc(C(=O)Nc2nnc(-c3cccs3)s2)c1. The highest BCUT2D eigenvalue weighted by atomic mass is 32.2. The summed E-state index contributed by atoms with van der Waals surface area (Å²) in [4.78, 5) is 13.6. The zero-order valence-electron chi connectivity index (χ0n) is 14.7. The fraction of sp³-hybridized carbons (Fsp3) is 0.235. The van der Waals surface area contributed by atoms with Crippen LogP contribution in [0.4, 0.5) is 5.13 Å². The molecule has 0 saturated carbocycles. The van der Waals surface area contributed by atoms with Crippen LogP contribution in [0.15, 0.2) is 46.7 Å². The van der Waals surface area contributed by atoms with Gasteiger partial charge in [-0.05, 0) is 29.6 Å². The molecule has 3 aromatic rings. The molecule has 0 spiro atoms. The predicted molar refractivity (Wildman–Crippen MR) is 108 cm³/mol. The summed E-state index contributed by atoms with van der Waals surface area (Å²) in [5.74, 6) is -0.430. The Kier molecular flexibility index (Phi) is 6.00. The molecule has 0 atom stereocenters. The van der Waals surface area contributed by atoms with E-state index in [0.29, 0.717) is 18.2 Å². The van der Waals surface area contributed by atoms with E-state index in [1.54, 1.807) is 37.3 Å². The average Bonchev–Trinajstić information content (AvgIpc) is 3.34. The molecule has 0 saturated heterocycles. The number of carbonyl (C=O) groups excluding carboxylic acids is 1. The van der Waals surface area contributed by atoms with Crippen LogP contribution in [0.25, 0.3) is 9.88 Å². The maximum atomic E-state index is 12.6. The van der Waals surface area contributed by atoms with Gasteiger partial charge in [0.05, 0.1) is 9.77 Å². The van der Waals surface area contributed by atoms with E-state index in [1.165, 1.54) is 27.8 Å². The smallest absolute Gasteiger partial charge is 0.257 e. The van der Waals surface area contributed by atoms with Gasteiger partial charge in [0.2, 0.25) is 15.2 Å². The van der Waals surface area contributed by atoms with E-state index in [0.717, 1.165) is 9.88 Å². The van der Waals surface area contributed by atoms with Crippen LogP contribution in [-0.4, -0.2) is 41.9 Å². The van der Waals surface area contributed by atoms with Crippen LogP contribution < -0.4 is 5.32 Å². The van der Waals surface area contributed by atoms with Gasteiger partial charge in [0, 0.05) is 18.7 Å². The predicted octanol–water partition coefficient (Wildman–Crippen LogP) is 3.55. The second kappa shape index (κ2) is 8.26. The quantitative estimate of drug-likeness (QED) is 0.629. The summed E-state index contributed by atoms with van der Waals surface area (Å²) in [6.45, 7) is 4.29. The maximum Gasteiger partial charge on any atom is 0.257 e. The summed E-state index contributed by atoms with van der Waals surface area (Å²) in [5.41, 5.74) is 0.246. The monoisotopic (exact) mass is 422 g/mol. The van der Waals surface area contributed by atoms with E-state index in [1.807, 2.05) is 17.5 Å². The number of amides is 1. The second-order valence-corrected chi connectivity index (χ2v) is 9.32. The van der Waals surface area contributed by atoms with Crippen molar-refractivity contribution in [3.05, 3.63) is 47.3 Å². The Morgan fingerprint density at radius 2 is 1.93 bits per heavy atom. The van der Waals surface area contributed by atoms with Gasteiger partial charge in [-0.1, -0.05) is 37.3 Å². The van der Waals surface area contributed by atoms with Crippen LogP contribution in [-0.2, 0) is 10.0 Å². The zero-order valence-corrected chi connectivity index (χ0v) is 17.2. The zero-order chi connectivity index (χ0) is 19.4. The third kappa shape index (κ3) is 4.24. The molecule has 0 unspecified atom stereocenters. The molecule has 1 N–H and O–H groups in total. The minimum absolute atomic E-state index is 0.0930. The molecule has 1 amide bonds. The lowest BCUT2D eigenvalue weighted by Crippen LogP contribution is -2.30. The van der Waals surface area contributed by atoms with Gasteiger partial charge in [-0.25, -0.2) is 8.42 Å². The lowest BCUT2D eigenvalue weighted by molar-refractivity contribution is 0.102. The van der Waals surface area contributed by atoms with Crippen LogP contribution in [0.2, 0.25) is 0 Å². The number of hydrogen-bond donors (Lipinski definition) is 1. The highest BCUT2D eigenvalue weighted by Crippen LogP contribution is 2.30. The molecule has 1 aromatic carbocycles. The number of nitrogens with one attached hydrogen (secondary N) is 1. The lowest BCUT2D eigenvalue weighted by atomic mass is 10.2. The van der Waals surface area contributed by atoms with E-state index < -0.39 is 15.9 Å². The third-order valence-corrected chi connectivity index (χ3v) is 7.74. The van der Waals surface area contributed by atoms with Gasteiger partial charge in [0.15, 0.2) is 5.01 Å². The number of carbonyl (C=O) groups is 1. The second-order valence-electron chi connectivity index (χ2n) is 5.46. The van der Waals surface area contributed by atoms with Crippen molar-refractivity contribution in [3.8, 4) is 9.88 Å². The van der Waals surface area contributed by atoms with Crippen molar-refractivity contribution < 1.29 is 13.2 Å². The lowest BCUT2D eigenvalue weighted by Gasteiger charge is -2.18. The summed E-state index contributed by atoms with van der Waals surface area (Å²) in [5, 5.41) is 13.8. The van der Waals surface area contributed by atoms with Crippen LogP contribution in [0.1, 0.15) is 24.2 Å². The number of rotatable bonds is 7. The van der Waals surface area contributed by atoms with E-state index >= 15 is 0 Å². The van der Waals surface area contributed by atoms with Gasteiger partial charge in [0.25, 0.3) is 5.91 Å². The molecule has 0 aliphatic rings. The topological polar surface area (TPSA) is 92.3 Å². The Morgan fingerprint density at radius 1 is 1.15 bits per heavy atom. The van der Waals surface area contributed by atoms with Crippen molar-refractivity contribution in [2.75, 3.05) is 18.4 Å². The molecule has 0 fully saturated rings. The first-order valence-electron chi connectivity index (χ1n) is 8.24. The first-order valence-corrected chi connectivity index (χ1v) is 11.4. The summed E-state index contributed by atoms with van der Waals surface area (Å²) < 4.78 is 26.6. The van der Waals surface area contributed by atoms with E-state index in [2.05, 4.69) is 15.5 Å². The Balaban J connectivity index is 1.80.